The fraction of sp³-hybridized carbons (Fsp3) is 0.909. The zero-order valence-corrected chi connectivity index (χ0v) is 10.3. The van der Waals surface area contributed by atoms with Crippen molar-refractivity contribution in [3.8, 4) is 0 Å². The number of carboxylic acids is 1. The summed E-state index contributed by atoms with van der Waals surface area (Å²) in [7, 11) is 1.68. The number of nitrogens with one attached hydrogen (secondary N) is 1. The predicted molar refractivity (Wildman–Crippen MR) is 61.5 cm³/mol. The number of carboxylic acid groups (broad SMARTS) is 1. The molecule has 0 bridgehead atoms. The second kappa shape index (κ2) is 6.18. The average Bonchev–Trinajstić information content (AvgIpc) is 2.23. The van der Waals surface area contributed by atoms with E-state index in [1.807, 2.05) is 6.92 Å². The van der Waals surface area contributed by atoms with Gasteiger partial charge in [0.15, 0.2) is 0 Å². The SMILES string of the molecule is CNC(CCN1CC(C)OCC1C)C(=O)O. The highest BCUT2D eigenvalue weighted by Gasteiger charge is 2.24. The van der Waals surface area contributed by atoms with Crippen molar-refractivity contribution in [1.82, 2.24) is 10.2 Å². The van der Waals surface area contributed by atoms with Crippen molar-refractivity contribution >= 4 is 5.97 Å². The Balaban J connectivity index is 2.37. The highest BCUT2D eigenvalue weighted by molar-refractivity contribution is 5.73. The molecule has 3 atom stereocenters. The van der Waals surface area contributed by atoms with Gasteiger partial charge >= 0.3 is 5.97 Å². The van der Waals surface area contributed by atoms with Gasteiger partial charge in [0.1, 0.15) is 6.04 Å². The second-order valence-corrected chi connectivity index (χ2v) is 4.46. The summed E-state index contributed by atoms with van der Waals surface area (Å²) >= 11 is 0. The van der Waals surface area contributed by atoms with Gasteiger partial charge in [-0.3, -0.25) is 9.69 Å². The number of morpholine rings is 1. The molecule has 1 saturated heterocycles. The first-order valence-corrected chi connectivity index (χ1v) is 5.80. The lowest BCUT2D eigenvalue weighted by atomic mass is 10.1. The standard InChI is InChI=1S/C11H22N2O3/c1-8-7-16-9(2)6-13(8)5-4-10(12-3)11(14)15/h8-10,12H,4-7H2,1-3H3,(H,14,15). The molecule has 0 aliphatic carbocycles. The summed E-state index contributed by atoms with van der Waals surface area (Å²) in [4.78, 5) is 13.1. The maximum Gasteiger partial charge on any atom is 0.320 e. The summed E-state index contributed by atoms with van der Waals surface area (Å²) in [6.07, 6.45) is 0.872. The Morgan fingerprint density at radius 3 is 2.88 bits per heavy atom. The summed E-state index contributed by atoms with van der Waals surface area (Å²) in [6.45, 7) is 6.58. The van der Waals surface area contributed by atoms with E-state index < -0.39 is 12.0 Å². The Hall–Kier alpha value is -0.650. The Morgan fingerprint density at radius 1 is 1.62 bits per heavy atom. The van der Waals surface area contributed by atoms with Crippen LogP contribution in [0.4, 0.5) is 0 Å². The minimum Gasteiger partial charge on any atom is -0.480 e. The lowest BCUT2D eigenvalue weighted by molar-refractivity contribution is -0.139. The molecule has 94 valence electrons. The number of hydrogen-bond acceptors (Lipinski definition) is 4. The van der Waals surface area contributed by atoms with E-state index in [0.717, 1.165) is 19.7 Å². The third kappa shape index (κ3) is 3.73. The van der Waals surface area contributed by atoms with Crippen molar-refractivity contribution in [2.45, 2.75) is 38.5 Å². The van der Waals surface area contributed by atoms with Gasteiger partial charge in [0, 0.05) is 19.1 Å². The molecule has 5 nitrogen and oxygen atoms in total. The number of rotatable bonds is 5. The van der Waals surface area contributed by atoms with Crippen LogP contribution in [0.1, 0.15) is 20.3 Å². The molecule has 5 heteroatoms. The first-order chi connectivity index (χ1) is 7.54. The number of likely N-dealkylation sites (N-methyl/N-ethyl adjacent to an activating group) is 1. The Morgan fingerprint density at radius 2 is 2.31 bits per heavy atom. The van der Waals surface area contributed by atoms with Gasteiger partial charge in [0.25, 0.3) is 0 Å². The van der Waals surface area contributed by atoms with Crippen LogP contribution in [0.2, 0.25) is 0 Å². The Bertz CT molecular complexity index is 235. The minimum absolute atomic E-state index is 0.245. The molecule has 1 aliphatic rings. The number of nitrogens with zero attached hydrogens (tertiary/aromatic N) is 1. The molecule has 0 aromatic carbocycles. The number of hydrogen-bond donors (Lipinski definition) is 2. The van der Waals surface area contributed by atoms with E-state index in [1.54, 1.807) is 7.05 Å². The van der Waals surface area contributed by atoms with Crippen LogP contribution in [0.25, 0.3) is 0 Å². The van der Waals surface area contributed by atoms with Gasteiger partial charge in [-0.1, -0.05) is 0 Å². The van der Waals surface area contributed by atoms with E-state index in [0.29, 0.717) is 12.5 Å². The first-order valence-electron chi connectivity index (χ1n) is 5.80. The largest absolute Gasteiger partial charge is 0.480 e. The molecule has 1 fully saturated rings. The zero-order chi connectivity index (χ0) is 12.1. The van der Waals surface area contributed by atoms with Crippen molar-refractivity contribution in [3.63, 3.8) is 0 Å². The summed E-state index contributed by atoms with van der Waals surface area (Å²) < 4.78 is 5.53. The van der Waals surface area contributed by atoms with Crippen LogP contribution in [0.3, 0.4) is 0 Å². The molecule has 0 spiro atoms. The van der Waals surface area contributed by atoms with Crippen molar-refractivity contribution in [1.29, 1.82) is 0 Å². The van der Waals surface area contributed by atoms with Gasteiger partial charge < -0.3 is 15.2 Å². The van der Waals surface area contributed by atoms with Gasteiger partial charge in [-0.15, -0.1) is 0 Å². The predicted octanol–water partition coefficient (Wildman–Crippen LogP) is 0.158. The number of ether oxygens (including phenoxy) is 1. The quantitative estimate of drug-likeness (QED) is 0.704. The molecule has 0 aromatic heterocycles. The van der Waals surface area contributed by atoms with Crippen molar-refractivity contribution in [2.24, 2.45) is 0 Å². The number of carbonyl (C=O) groups is 1. The third-order valence-electron chi connectivity index (χ3n) is 3.09. The molecule has 1 rings (SSSR count). The molecule has 16 heavy (non-hydrogen) atoms. The normalized spacial score (nSPS) is 28.9. The highest BCUT2D eigenvalue weighted by Crippen LogP contribution is 2.12. The van der Waals surface area contributed by atoms with E-state index >= 15 is 0 Å². The van der Waals surface area contributed by atoms with Gasteiger partial charge in [-0.05, 0) is 27.3 Å². The lowest BCUT2D eigenvalue weighted by Gasteiger charge is -2.37. The minimum atomic E-state index is -0.781. The summed E-state index contributed by atoms with van der Waals surface area (Å²) in [6, 6.07) is -0.0761. The maximum absolute atomic E-state index is 10.8. The van der Waals surface area contributed by atoms with Crippen molar-refractivity contribution in [2.75, 3.05) is 26.7 Å². The lowest BCUT2D eigenvalue weighted by Crippen LogP contribution is -2.49. The fourth-order valence-corrected chi connectivity index (χ4v) is 1.97. The Labute approximate surface area is 96.8 Å². The first kappa shape index (κ1) is 13.4. The van der Waals surface area contributed by atoms with Crippen LogP contribution in [-0.2, 0) is 9.53 Å². The van der Waals surface area contributed by atoms with E-state index in [4.69, 9.17) is 9.84 Å². The van der Waals surface area contributed by atoms with Gasteiger partial charge in [0.05, 0.1) is 12.7 Å². The molecule has 1 heterocycles. The monoisotopic (exact) mass is 230 g/mol. The van der Waals surface area contributed by atoms with Crippen LogP contribution in [-0.4, -0.2) is 60.9 Å². The van der Waals surface area contributed by atoms with Crippen LogP contribution in [0.5, 0.6) is 0 Å². The van der Waals surface area contributed by atoms with Crippen LogP contribution >= 0.6 is 0 Å². The highest BCUT2D eigenvalue weighted by atomic mass is 16.5. The molecule has 1 aliphatic heterocycles. The van der Waals surface area contributed by atoms with Crippen molar-refractivity contribution < 1.29 is 14.6 Å². The molecular weight excluding hydrogens is 208 g/mol. The van der Waals surface area contributed by atoms with Gasteiger partial charge in [0.2, 0.25) is 0 Å². The molecule has 3 unspecified atom stereocenters. The van der Waals surface area contributed by atoms with Gasteiger partial charge in [-0.25, -0.2) is 0 Å². The van der Waals surface area contributed by atoms with E-state index in [2.05, 4.69) is 17.1 Å². The maximum atomic E-state index is 10.8. The van der Waals surface area contributed by atoms with E-state index in [1.165, 1.54) is 0 Å². The summed E-state index contributed by atoms with van der Waals surface area (Å²) in [5.74, 6) is -0.781. The van der Waals surface area contributed by atoms with E-state index in [-0.39, 0.29) is 6.10 Å². The van der Waals surface area contributed by atoms with Crippen LogP contribution in [0, 0.1) is 0 Å². The molecule has 0 saturated carbocycles. The van der Waals surface area contributed by atoms with Crippen molar-refractivity contribution in [3.05, 3.63) is 0 Å². The van der Waals surface area contributed by atoms with Crippen LogP contribution < -0.4 is 5.32 Å². The average molecular weight is 230 g/mol. The molecule has 0 aromatic rings. The molecule has 2 N–H and O–H groups in total. The molecular formula is C11H22N2O3. The third-order valence-corrected chi connectivity index (χ3v) is 3.09. The molecule has 0 radical (unpaired) electrons. The summed E-state index contributed by atoms with van der Waals surface area (Å²) in [5.41, 5.74) is 0. The number of aliphatic carboxylic acids is 1. The van der Waals surface area contributed by atoms with Crippen LogP contribution in [0.15, 0.2) is 0 Å². The second-order valence-electron chi connectivity index (χ2n) is 4.46. The topological polar surface area (TPSA) is 61.8 Å². The van der Waals surface area contributed by atoms with Gasteiger partial charge in [-0.2, -0.15) is 0 Å². The Kier molecular flexibility index (Phi) is 5.18. The molecule has 0 amide bonds. The zero-order valence-electron chi connectivity index (χ0n) is 10.3. The smallest absolute Gasteiger partial charge is 0.320 e. The fourth-order valence-electron chi connectivity index (χ4n) is 1.97. The van der Waals surface area contributed by atoms with E-state index in [9.17, 15) is 4.79 Å². The summed E-state index contributed by atoms with van der Waals surface area (Å²) in [5, 5.41) is 11.7.